The van der Waals surface area contributed by atoms with Gasteiger partial charge in [-0.1, -0.05) is 78.1 Å². The van der Waals surface area contributed by atoms with Crippen LogP contribution in [-0.4, -0.2) is 67.3 Å². The number of rotatable bonds is 9. The first kappa shape index (κ1) is 21.5. The Morgan fingerprint density at radius 3 is 1.43 bits per heavy atom. The Labute approximate surface area is 143 Å². The van der Waals surface area contributed by atoms with Gasteiger partial charge in [-0.2, -0.15) is 0 Å². The van der Waals surface area contributed by atoms with Gasteiger partial charge in [0.2, 0.25) is 0 Å². The normalized spacial score (nSPS) is 9.00. The second-order valence-corrected chi connectivity index (χ2v) is 3.68. The molecule has 0 aromatic heterocycles. The van der Waals surface area contributed by atoms with Gasteiger partial charge in [-0.05, 0) is 0 Å². The van der Waals surface area contributed by atoms with Gasteiger partial charge in [-0.3, -0.25) is 0 Å². The van der Waals surface area contributed by atoms with Gasteiger partial charge in [-0.15, -0.1) is 0 Å². The fourth-order valence-electron chi connectivity index (χ4n) is 1.49. The predicted octanol–water partition coefficient (Wildman–Crippen LogP) is 3.18. The van der Waals surface area contributed by atoms with E-state index in [1.807, 2.05) is 0 Å². The summed E-state index contributed by atoms with van der Waals surface area (Å²) in [5.74, 6) is 0. The molecule has 14 heavy (non-hydrogen) atoms. The van der Waals surface area contributed by atoms with Gasteiger partial charge in [0.25, 0.3) is 0 Å². The summed E-state index contributed by atoms with van der Waals surface area (Å²) in [6.07, 6.45) is 13.9. The third-order valence-corrected chi connectivity index (χ3v) is 2.35. The van der Waals surface area contributed by atoms with Crippen molar-refractivity contribution in [1.29, 1.82) is 0 Å². The van der Waals surface area contributed by atoms with Gasteiger partial charge >= 0.3 is 67.3 Å². The van der Waals surface area contributed by atoms with Gasteiger partial charge in [0.15, 0.2) is 0 Å². The third-order valence-electron chi connectivity index (χ3n) is 2.35. The quantitative estimate of drug-likeness (QED) is 0.425. The molecule has 0 atom stereocenters. The van der Waals surface area contributed by atoms with Crippen molar-refractivity contribution in [3.63, 3.8) is 0 Å². The molecule has 0 saturated carbocycles. The second-order valence-electron chi connectivity index (χ2n) is 3.68. The monoisotopic (exact) mass is 235 g/mol. The SMILES string of the molecule is [CH2]CCCCCCCCCCC.[CaH2].[NaH]. The first-order chi connectivity index (χ1) is 5.91. The summed E-state index contributed by atoms with van der Waals surface area (Å²) in [4.78, 5) is 0. The van der Waals surface area contributed by atoms with Crippen molar-refractivity contribution in [2.45, 2.75) is 71.1 Å². The maximum atomic E-state index is 3.84. The molecule has 0 aliphatic carbocycles. The summed E-state index contributed by atoms with van der Waals surface area (Å²) in [6, 6.07) is 0. The third kappa shape index (κ3) is 19.8. The molecule has 0 spiro atoms. The van der Waals surface area contributed by atoms with E-state index in [4.69, 9.17) is 0 Å². The molecule has 0 heterocycles. The first-order valence-electron chi connectivity index (χ1n) is 5.71. The van der Waals surface area contributed by atoms with E-state index in [1.54, 1.807) is 0 Å². The molecule has 0 amide bonds. The molecule has 0 unspecified atom stereocenters. The topological polar surface area (TPSA) is 0 Å². The van der Waals surface area contributed by atoms with Crippen LogP contribution in [0.4, 0.5) is 0 Å². The van der Waals surface area contributed by atoms with Crippen molar-refractivity contribution >= 4 is 67.3 Å². The zero-order valence-electron chi connectivity index (χ0n) is 8.78. The van der Waals surface area contributed by atoms with Gasteiger partial charge in [-0.25, -0.2) is 0 Å². The Hall–Kier alpha value is 2.26. The summed E-state index contributed by atoms with van der Waals surface area (Å²) in [5, 5.41) is 0. The molecular formula is C12H28CaNa. The van der Waals surface area contributed by atoms with E-state index in [9.17, 15) is 0 Å². The van der Waals surface area contributed by atoms with Gasteiger partial charge in [0, 0.05) is 0 Å². The van der Waals surface area contributed by atoms with Crippen LogP contribution in [0.15, 0.2) is 0 Å². The van der Waals surface area contributed by atoms with Crippen LogP contribution in [0.3, 0.4) is 0 Å². The second kappa shape index (κ2) is 20.6. The van der Waals surface area contributed by atoms with Crippen molar-refractivity contribution in [1.82, 2.24) is 0 Å². The summed E-state index contributed by atoms with van der Waals surface area (Å²) < 4.78 is 0. The van der Waals surface area contributed by atoms with Crippen molar-refractivity contribution in [2.24, 2.45) is 0 Å². The standard InChI is InChI=1S/C12H25.Ca.Na.3H/c1-3-5-7-9-11-12-10-8-6-4-2;;;;;/h1,3-12H2,2H3;;;;;. The molecule has 0 nitrogen and oxygen atoms in total. The summed E-state index contributed by atoms with van der Waals surface area (Å²) in [6.45, 7) is 6.12. The summed E-state index contributed by atoms with van der Waals surface area (Å²) in [5.41, 5.74) is 0. The molecule has 2 heteroatoms. The van der Waals surface area contributed by atoms with E-state index < -0.39 is 0 Å². The van der Waals surface area contributed by atoms with E-state index >= 15 is 0 Å². The Morgan fingerprint density at radius 2 is 1.07 bits per heavy atom. The molecule has 1 radical (unpaired) electrons. The molecule has 0 aliphatic heterocycles. The number of hydrogen-bond acceptors (Lipinski definition) is 0. The number of unbranched alkanes of at least 4 members (excludes halogenated alkanes) is 9. The van der Waals surface area contributed by atoms with Gasteiger partial charge in [0.05, 0.1) is 0 Å². The van der Waals surface area contributed by atoms with Crippen LogP contribution >= 0.6 is 0 Å². The minimum absolute atomic E-state index is 0. The van der Waals surface area contributed by atoms with E-state index in [0.717, 1.165) is 6.42 Å². The molecule has 79 valence electrons. The molecule has 0 rings (SSSR count). The first-order valence-corrected chi connectivity index (χ1v) is 5.71. The van der Waals surface area contributed by atoms with Crippen molar-refractivity contribution in [2.75, 3.05) is 0 Å². The van der Waals surface area contributed by atoms with E-state index in [0.29, 0.717) is 0 Å². The van der Waals surface area contributed by atoms with Crippen molar-refractivity contribution in [3.8, 4) is 0 Å². The molecule has 0 aromatic rings. The molecule has 0 aromatic carbocycles. The predicted molar refractivity (Wildman–Crippen MR) is 72.9 cm³/mol. The van der Waals surface area contributed by atoms with Crippen LogP contribution in [-0.2, 0) is 0 Å². The van der Waals surface area contributed by atoms with E-state index in [1.165, 1.54) is 57.8 Å². The molecule has 0 saturated heterocycles. The molecule has 0 fully saturated rings. The fourth-order valence-corrected chi connectivity index (χ4v) is 1.49. The van der Waals surface area contributed by atoms with Crippen LogP contribution in [0.1, 0.15) is 71.1 Å². The zero-order valence-corrected chi connectivity index (χ0v) is 8.78. The van der Waals surface area contributed by atoms with Crippen LogP contribution in [0.5, 0.6) is 0 Å². The number of hydrogen-bond donors (Lipinski definition) is 0. The van der Waals surface area contributed by atoms with E-state index in [2.05, 4.69) is 13.8 Å². The maximum absolute atomic E-state index is 3.84. The Balaban J connectivity index is -0.000000605. The summed E-state index contributed by atoms with van der Waals surface area (Å²) >= 11 is 0. The minimum atomic E-state index is 0. The van der Waals surface area contributed by atoms with Crippen molar-refractivity contribution in [3.05, 3.63) is 6.92 Å². The van der Waals surface area contributed by atoms with Gasteiger partial charge in [0.1, 0.15) is 0 Å². The Bertz CT molecular complexity index is 66.7. The average Bonchev–Trinajstić information content (AvgIpc) is 2.10. The van der Waals surface area contributed by atoms with E-state index in [-0.39, 0.29) is 67.3 Å². The van der Waals surface area contributed by atoms with Crippen LogP contribution in [0.25, 0.3) is 0 Å². The molecular weight excluding hydrogens is 207 g/mol. The van der Waals surface area contributed by atoms with Crippen LogP contribution < -0.4 is 0 Å². The van der Waals surface area contributed by atoms with Gasteiger partial charge < -0.3 is 0 Å². The van der Waals surface area contributed by atoms with Crippen LogP contribution in [0.2, 0.25) is 0 Å². The molecule has 0 bridgehead atoms. The summed E-state index contributed by atoms with van der Waals surface area (Å²) in [7, 11) is 0. The molecule has 0 aliphatic rings. The fraction of sp³-hybridized carbons (Fsp3) is 0.917. The Kier molecular flexibility index (Phi) is 31.8. The average molecular weight is 235 g/mol. The van der Waals surface area contributed by atoms with Crippen molar-refractivity contribution < 1.29 is 0 Å². The molecule has 0 N–H and O–H groups in total. The Morgan fingerprint density at radius 1 is 0.714 bits per heavy atom. The van der Waals surface area contributed by atoms with Crippen LogP contribution in [0, 0.1) is 6.92 Å². The zero-order chi connectivity index (χ0) is 9.07.